The largest absolute Gasteiger partial charge is 0.315 e. The van der Waals surface area contributed by atoms with Crippen LogP contribution < -0.4 is 10.0 Å². The summed E-state index contributed by atoms with van der Waals surface area (Å²) in [6.07, 6.45) is 1.46. The average Bonchev–Trinajstić information content (AvgIpc) is 2.32. The SMILES string of the molecule is CC(C)NCCCCS(=O)(=O)Nc1ccc(Br)c(Cl)c1. The average molecular weight is 384 g/mol. The van der Waals surface area contributed by atoms with Gasteiger partial charge in [0.25, 0.3) is 0 Å². The van der Waals surface area contributed by atoms with Gasteiger partial charge in [0, 0.05) is 10.5 Å². The van der Waals surface area contributed by atoms with E-state index in [1.165, 1.54) is 0 Å². The zero-order valence-electron chi connectivity index (χ0n) is 11.6. The summed E-state index contributed by atoms with van der Waals surface area (Å²) in [6, 6.07) is 5.40. The second kappa shape index (κ2) is 8.22. The highest BCUT2D eigenvalue weighted by atomic mass is 79.9. The van der Waals surface area contributed by atoms with Crippen molar-refractivity contribution in [1.82, 2.24) is 5.32 Å². The maximum atomic E-state index is 11.9. The molecule has 1 aromatic rings. The minimum absolute atomic E-state index is 0.112. The third-order valence-corrected chi connectivity index (χ3v) is 5.19. The van der Waals surface area contributed by atoms with Gasteiger partial charge in [-0.3, -0.25) is 4.72 Å². The molecule has 0 aromatic heterocycles. The second-order valence-corrected chi connectivity index (χ2v) is 7.97. The van der Waals surface area contributed by atoms with Crippen LogP contribution in [0.25, 0.3) is 0 Å². The summed E-state index contributed by atoms with van der Waals surface area (Å²) in [4.78, 5) is 0. The van der Waals surface area contributed by atoms with Gasteiger partial charge < -0.3 is 5.32 Å². The van der Waals surface area contributed by atoms with Crippen LogP contribution in [-0.4, -0.2) is 26.8 Å². The quantitative estimate of drug-likeness (QED) is 0.674. The molecule has 0 atom stereocenters. The predicted molar refractivity (Wildman–Crippen MR) is 88.9 cm³/mol. The molecule has 0 amide bonds. The molecule has 20 heavy (non-hydrogen) atoms. The van der Waals surface area contributed by atoms with Gasteiger partial charge in [-0.1, -0.05) is 25.4 Å². The third-order valence-electron chi connectivity index (χ3n) is 2.59. The molecule has 0 heterocycles. The molecule has 0 radical (unpaired) electrons. The van der Waals surface area contributed by atoms with Gasteiger partial charge in [0.05, 0.1) is 16.5 Å². The lowest BCUT2D eigenvalue weighted by Crippen LogP contribution is -2.24. The van der Waals surface area contributed by atoms with Crippen molar-refractivity contribution in [2.24, 2.45) is 0 Å². The van der Waals surface area contributed by atoms with E-state index in [1.54, 1.807) is 18.2 Å². The maximum Gasteiger partial charge on any atom is 0.232 e. The number of rotatable bonds is 8. The van der Waals surface area contributed by atoms with Crippen molar-refractivity contribution in [1.29, 1.82) is 0 Å². The predicted octanol–water partition coefficient (Wildman–Crippen LogP) is 3.62. The number of anilines is 1. The minimum Gasteiger partial charge on any atom is -0.315 e. The van der Waals surface area contributed by atoms with Gasteiger partial charge in [-0.05, 0) is 53.5 Å². The molecule has 0 saturated heterocycles. The number of sulfonamides is 1. The molecule has 0 spiro atoms. The number of benzene rings is 1. The molecule has 0 fully saturated rings. The highest BCUT2D eigenvalue weighted by molar-refractivity contribution is 9.10. The summed E-state index contributed by atoms with van der Waals surface area (Å²) in [7, 11) is -3.32. The molecule has 7 heteroatoms. The molecule has 0 aliphatic heterocycles. The highest BCUT2D eigenvalue weighted by Crippen LogP contribution is 2.26. The van der Waals surface area contributed by atoms with Crippen LogP contribution in [0.5, 0.6) is 0 Å². The molecule has 0 bridgehead atoms. The van der Waals surface area contributed by atoms with Crippen LogP contribution in [0.2, 0.25) is 5.02 Å². The van der Waals surface area contributed by atoms with Crippen molar-refractivity contribution in [2.45, 2.75) is 32.7 Å². The maximum absolute atomic E-state index is 11.9. The van der Waals surface area contributed by atoms with E-state index in [0.29, 0.717) is 23.2 Å². The summed E-state index contributed by atoms with van der Waals surface area (Å²) < 4.78 is 27.1. The lowest BCUT2D eigenvalue weighted by atomic mass is 10.3. The molecule has 0 saturated carbocycles. The Morgan fingerprint density at radius 1 is 1.30 bits per heavy atom. The zero-order chi connectivity index (χ0) is 15.2. The van der Waals surface area contributed by atoms with E-state index >= 15 is 0 Å². The Kier molecular flexibility index (Phi) is 7.29. The molecule has 1 rings (SSSR count). The topological polar surface area (TPSA) is 58.2 Å². The van der Waals surface area contributed by atoms with Gasteiger partial charge in [0.1, 0.15) is 0 Å². The Hall–Kier alpha value is -0.300. The van der Waals surface area contributed by atoms with Gasteiger partial charge in [-0.2, -0.15) is 0 Å². The molecule has 0 aliphatic rings. The fraction of sp³-hybridized carbons (Fsp3) is 0.538. The van der Waals surface area contributed by atoms with Gasteiger partial charge in [-0.15, -0.1) is 0 Å². The molecule has 2 N–H and O–H groups in total. The fourth-order valence-corrected chi connectivity index (χ4v) is 3.20. The normalized spacial score (nSPS) is 11.8. The third kappa shape index (κ3) is 6.92. The standard InChI is InChI=1S/C13H20BrClN2O2S/c1-10(2)16-7-3-4-8-20(18,19)17-11-5-6-12(14)13(15)9-11/h5-6,9-10,16-17H,3-4,7-8H2,1-2H3. The van der Waals surface area contributed by atoms with Crippen LogP contribution in [0.15, 0.2) is 22.7 Å². The second-order valence-electron chi connectivity index (χ2n) is 4.87. The van der Waals surface area contributed by atoms with E-state index in [4.69, 9.17) is 11.6 Å². The van der Waals surface area contributed by atoms with Crippen LogP contribution in [0, 0.1) is 0 Å². The Balaban J connectivity index is 2.43. The number of nitrogens with one attached hydrogen (secondary N) is 2. The van der Waals surface area contributed by atoms with Crippen molar-refractivity contribution in [3.63, 3.8) is 0 Å². The summed E-state index contributed by atoms with van der Waals surface area (Å²) >= 11 is 9.19. The summed E-state index contributed by atoms with van der Waals surface area (Å²) in [6.45, 7) is 4.96. The molecule has 4 nitrogen and oxygen atoms in total. The number of halogens is 2. The number of hydrogen-bond acceptors (Lipinski definition) is 3. The molecule has 114 valence electrons. The first-order valence-corrected chi connectivity index (χ1v) is 9.31. The Labute approximate surface area is 134 Å². The van der Waals surface area contributed by atoms with Gasteiger partial charge >= 0.3 is 0 Å². The lowest BCUT2D eigenvalue weighted by molar-refractivity contribution is 0.561. The smallest absolute Gasteiger partial charge is 0.232 e. The molecular weight excluding hydrogens is 364 g/mol. The van der Waals surface area contributed by atoms with Crippen molar-refractivity contribution >= 4 is 43.2 Å². The van der Waals surface area contributed by atoms with Crippen LogP contribution >= 0.6 is 27.5 Å². The Bertz CT molecular complexity index is 535. The summed E-state index contributed by atoms with van der Waals surface area (Å²) in [5.41, 5.74) is 0.485. The van der Waals surface area contributed by atoms with Gasteiger partial charge in [-0.25, -0.2) is 8.42 Å². The lowest BCUT2D eigenvalue weighted by Gasteiger charge is -2.10. The Morgan fingerprint density at radius 2 is 2.00 bits per heavy atom. The van der Waals surface area contributed by atoms with Crippen LogP contribution in [0.3, 0.4) is 0 Å². The molecule has 0 aliphatic carbocycles. The zero-order valence-corrected chi connectivity index (χ0v) is 14.8. The van der Waals surface area contributed by atoms with Crippen molar-refractivity contribution < 1.29 is 8.42 Å². The number of unbranched alkanes of at least 4 members (excludes halogenated alkanes) is 1. The number of hydrogen-bond donors (Lipinski definition) is 2. The van der Waals surface area contributed by atoms with Gasteiger partial charge in [0.2, 0.25) is 10.0 Å². The van der Waals surface area contributed by atoms with E-state index in [-0.39, 0.29) is 5.75 Å². The molecule has 0 unspecified atom stereocenters. The minimum atomic E-state index is -3.32. The van der Waals surface area contributed by atoms with Gasteiger partial charge in [0.15, 0.2) is 0 Å². The molecular formula is C13H20BrClN2O2S. The summed E-state index contributed by atoms with van der Waals surface area (Å²) in [5.74, 6) is 0.112. The first kappa shape index (κ1) is 17.8. The van der Waals surface area contributed by atoms with Crippen molar-refractivity contribution in [2.75, 3.05) is 17.0 Å². The van der Waals surface area contributed by atoms with Crippen molar-refractivity contribution in [3.05, 3.63) is 27.7 Å². The first-order valence-electron chi connectivity index (χ1n) is 6.49. The van der Waals surface area contributed by atoms with Crippen LogP contribution in [0.4, 0.5) is 5.69 Å². The first-order chi connectivity index (χ1) is 9.30. The fourth-order valence-electron chi connectivity index (χ4n) is 1.60. The summed E-state index contributed by atoms with van der Waals surface area (Å²) in [5, 5.41) is 3.74. The van der Waals surface area contributed by atoms with E-state index in [1.807, 2.05) is 0 Å². The Morgan fingerprint density at radius 3 is 2.60 bits per heavy atom. The van der Waals surface area contributed by atoms with Crippen LogP contribution in [0.1, 0.15) is 26.7 Å². The van der Waals surface area contributed by atoms with Crippen LogP contribution in [-0.2, 0) is 10.0 Å². The van der Waals surface area contributed by atoms with Crippen molar-refractivity contribution in [3.8, 4) is 0 Å². The molecule has 1 aromatic carbocycles. The van der Waals surface area contributed by atoms with E-state index in [2.05, 4.69) is 39.8 Å². The monoisotopic (exact) mass is 382 g/mol. The van der Waals surface area contributed by atoms with E-state index < -0.39 is 10.0 Å². The highest BCUT2D eigenvalue weighted by Gasteiger charge is 2.11. The van der Waals surface area contributed by atoms with E-state index in [9.17, 15) is 8.42 Å². The van der Waals surface area contributed by atoms with E-state index in [0.717, 1.165) is 17.4 Å².